The molecule has 0 saturated carbocycles. The van der Waals surface area contributed by atoms with E-state index >= 15 is 0 Å². The molecule has 11 heavy (non-hydrogen) atoms. The molecule has 0 amide bonds. The van der Waals surface area contributed by atoms with Gasteiger partial charge in [-0.15, -0.1) is 0 Å². The van der Waals surface area contributed by atoms with Crippen LogP contribution in [-0.2, 0) is 6.42 Å². The van der Waals surface area contributed by atoms with E-state index in [1.54, 1.807) is 6.07 Å². The molecule has 2 heteroatoms. The molecular weight excluding hydrogens is 141 g/mol. The average molecular weight is 151 g/mol. The van der Waals surface area contributed by atoms with Gasteiger partial charge in [0.2, 0.25) is 0 Å². The molecule has 58 valence electrons. The van der Waals surface area contributed by atoms with Gasteiger partial charge in [0, 0.05) is 6.04 Å². The third-order valence-electron chi connectivity index (χ3n) is 2.26. The lowest BCUT2D eigenvalue weighted by Crippen LogP contribution is -2.28. The van der Waals surface area contributed by atoms with Crippen LogP contribution in [0.2, 0.25) is 0 Å². The van der Waals surface area contributed by atoms with E-state index in [0.29, 0.717) is 6.04 Å². The summed E-state index contributed by atoms with van der Waals surface area (Å²) in [7, 11) is 1.90. The van der Waals surface area contributed by atoms with E-state index in [2.05, 4.69) is 5.32 Å². The molecule has 0 bridgehead atoms. The Morgan fingerprint density at radius 1 is 1.55 bits per heavy atom. The molecule has 0 spiro atoms. The first-order valence-electron chi connectivity index (χ1n) is 3.77. The van der Waals surface area contributed by atoms with Crippen molar-refractivity contribution in [1.29, 1.82) is 0 Å². The van der Waals surface area contributed by atoms with Crippen LogP contribution in [0.4, 0.5) is 4.39 Å². The lowest BCUT2D eigenvalue weighted by Gasteiger charge is -2.29. The summed E-state index contributed by atoms with van der Waals surface area (Å²) in [6, 6.07) is 5.36. The Bertz CT molecular complexity index is 283. The summed E-state index contributed by atoms with van der Waals surface area (Å²) in [6.45, 7) is 0. The van der Waals surface area contributed by atoms with Gasteiger partial charge in [-0.25, -0.2) is 4.39 Å². The molecular formula is C9H10FN. The fourth-order valence-electron chi connectivity index (χ4n) is 1.53. The second-order valence-corrected chi connectivity index (χ2v) is 2.89. The van der Waals surface area contributed by atoms with Crippen molar-refractivity contribution in [3.8, 4) is 0 Å². The summed E-state index contributed by atoms with van der Waals surface area (Å²) in [4.78, 5) is 0. The minimum absolute atomic E-state index is 0.135. The summed E-state index contributed by atoms with van der Waals surface area (Å²) in [5.41, 5.74) is 2.39. The number of halogens is 1. The molecule has 0 radical (unpaired) electrons. The highest BCUT2D eigenvalue weighted by Gasteiger charge is 2.24. The number of benzene rings is 1. The molecule has 1 N–H and O–H groups in total. The van der Waals surface area contributed by atoms with E-state index in [-0.39, 0.29) is 5.82 Å². The van der Waals surface area contributed by atoms with Gasteiger partial charge in [0.15, 0.2) is 0 Å². The Hall–Kier alpha value is -0.890. The predicted molar refractivity (Wildman–Crippen MR) is 41.9 cm³/mol. The van der Waals surface area contributed by atoms with Crippen molar-refractivity contribution in [3.05, 3.63) is 35.1 Å². The molecule has 1 aliphatic rings. The largest absolute Gasteiger partial charge is 0.313 e. The molecule has 1 nitrogen and oxygen atoms in total. The van der Waals surface area contributed by atoms with Crippen molar-refractivity contribution in [2.75, 3.05) is 7.05 Å². The van der Waals surface area contributed by atoms with Crippen LogP contribution in [0.3, 0.4) is 0 Å². The van der Waals surface area contributed by atoms with E-state index in [9.17, 15) is 4.39 Å². The highest BCUT2D eigenvalue weighted by Crippen LogP contribution is 2.32. The lowest BCUT2D eigenvalue weighted by atomic mass is 9.83. The van der Waals surface area contributed by atoms with Crippen LogP contribution in [0.1, 0.15) is 17.2 Å². The van der Waals surface area contributed by atoms with E-state index in [0.717, 1.165) is 12.0 Å². The second-order valence-electron chi connectivity index (χ2n) is 2.89. The van der Waals surface area contributed by atoms with Gasteiger partial charge in [-0.05, 0) is 36.7 Å². The fraction of sp³-hybridized carbons (Fsp3) is 0.333. The molecule has 0 saturated heterocycles. The van der Waals surface area contributed by atoms with Gasteiger partial charge in [0.25, 0.3) is 0 Å². The maximum atomic E-state index is 12.7. The third kappa shape index (κ3) is 0.942. The molecule has 0 heterocycles. The minimum Gasteiger partial charge on any atom is -0.313 e. The lowest BCUT2D eigenvalue weighted by molar-refractivity contribution is 0.519. The van der Waals surface area contributed by atoms with Gasteiger partial charge in [-0.2, -0.15) is 0 Å². The smallest absolute Gasteiger partial charge is 0.123 e. The Kier molecular flexibility index (Phi) is 1.43. The van der Waals surface area contributed by atoms with E-state index in [1.807, 2.05) is 13.1 Å². The van der Waals surface area contributed by atoms with Crippen LogP contribution in [0, 0.1) is 5.82 Å². The van der Waals surface area contributed by atoms with Crippen molar-refractivity contribution >= 4 is 0 Å². The number of fused-ring (bicyclic) bond motifs is 1. The molecule has 1 aromatic rings. The molecule has 1 unspecified atom stereocenters. The highest BCUT2D eigenvalue weighted by molar-refractivity contribution is 5.39. The van der Waals surface area contributed by atoms with Crippen molar-refractivity contribution in [1.82, 2.24) is 5.32 Å². The van der Waals surface area contributed by atoms with Gasteiger partial charge in [0.1, 0.15) is 5.82 Å². The summed E-state index contributed by atoms with van der Waals surface area (Å²) in [5, 5.41) is 3.12. The Morgan fingerprint density at radius 3 is 3.09 bits per heavy atom. The van der Waals surface area contributed by atoms with E-state index in [1.165, 1.54) is 11.6 Å². The standard InChI is InChI=1S/C9H10FN/c1-11-9-4-6-2-3-7(10)5-8(6)9/h2-3,5,9,11H,4H2,1H3. The van der Waals surface area contributed by atoms with Crippen LogP contribution in [0.15, 0.2) is 18.2 Å². The van der Waals surface area contributed by atoms with Gasteiger partial charge in [-0.3, -0.25) is 0 Å². The van der Waals surface area contributed by atoms with Crippen LogP contribution < -0.4 is 5.32 Å². The second kappa shape index (κ2) is 2.31. The molecule has 1 aliphatic carbocycles. The Balaban J connectivity index is 2.37. The number of likely N-dealkylation sites (N-methyl/N-ethyl adjacent to an activating group) is 1. The van der Waals surface area contributed by atoms with E-state index in [4.69, 9.17) is 0 Å². The number of hydrogen-bond acceptors (Lipinski definition) is 1. The maximum Gasteiger partial charge on any atom is 0.123 e. The molecule has 1 atom stereocenters. The van der Waals surface area contributed by atoms with Crippen molar-refractivity contribution in [2.24, 2.45) is 0 Å². The Morgan fingerprint density at radius 2 is 2.36 bits per heavy atom. The number of hydrogen-bond donors (Lipinski definition) is 1. The molecule has 0 fully saturated rings. The maximum absolute atomic E-state index is 12.7. The van der Waals surface area contributed by atoms with Crippen molar-refractivity contribution in [2.45, 2.75) is 12.5 Å². The van der Waals surface area contributed by atoms with Crippen LogP contribution in [0.5, 0.6) is 0 Å². The molecule has 0 aromatic heterocycles. The highest BCUT2D eigenvalue weighted by atomic mass is 19.1. The summed E-state index contributed by atoms with van der Waals surface area (Å²) < 4.78 is 12.7. The molecule has 0 aliphatic heterocycles. The van der Waals surface area contributed by atoms with Crippen molar-refractivity contribution in [3.63, 3.8) is 0 Å². The molecule has 2 rings (SSSR count). The average Bonchev–Trinajstić information content (AvgIpc) is 1.97. The summed E-state index contributed by atoms with van der Waals surface area (Å²) >= 11 is 0. The van der Waals surface area contributed by atoms with E-state index < -0.39 is 0 Å². The molecule has 1 aromatic carbocycles. The van der Waals surface area contributed by atoms with Gasteiger partial charge in [0.05, 0.1) is 0 Å². The zero-order valence-corrected chi connectivity index (χ0v) is 6.39. The summed E-state index contributed by atoms with van der Waals surface area (Å²) in [6.07, 6.45) is 1.03. The predicted octanol–water partition coefficient (Wildman–Crippen LogP) is 1.64. The first-order chi connectivity index (χ1) is 5.31. The normalized spacial score (nSPS) is 20.7. The number of rotatable bonds is 1. The van der Waals surface area contributed by atoms with Gasteiger partial charge < -0.3 is 5.32 Å². The first-order valence-corrected chi connectivity index (χ1v) is 3.77. The zero-order valence-electron chi connectivity index (χ0n) is 6.39. The van der Waals surface area contributed by atoms with Gasteiger partial charge >= 0.3 is 0 Å². The number of nitrogens with one attached hydrogen (secondary N) is 1. The topological polar surface area (TPSA) is 12.0 Å². The monoisotopic (exact) mass is 151 g/mol. The minimum atomic E-state index is -0.135. The summed E-state index contributed by atoms with van der Waals surface area (Å²) in [5.74, 6) is -0.135. The van der Waals surface area contributed by atoms with Crippen LogP contribution in [0.25, 0.3) is 0 Å². The van der Waals surface area contributed by atoms with Crippen LogP contribution >= 0.6 is 0 Å². The first kappa shape index (κ1) is 6.80. The SMILES string of the molecule is CNC1Cc2ccc(F)cc21. The quantitative estimate of drug-likeness (QED) is 0.643. The third-order valence-corrected chi connectivity index (χ3v) is 2.26. The Labute approximate surface area is 65.2 Å². The van der Waals surface area contributed by atoms with Gasteiger partial charge in [-0.1, -0.05) is 6.07 Å². The zero-order chi connectivity index (χ0) is 7.84. The van der Waals surface area contributed by atoms with Crippen LogP contribution in [-0.4, -0.2) is 7.05 Å². The van der Waals surface area contributed by atoms with Crippen molar-refractivity contribution < 1.29 is 4.39 Å². The fourth-order valence-corrected chi connectivity index (χ4v) is 1.53.